The van der Waals surface area contributed by atoms with Gasteiger partial charge in [0.15, 0.2) is 5.69 Å². The van der Waals surface area contributed by atoms with Crippen molar-refractivity contribution in [3.63, 3.8) is 0 Å². The average molecular weight is 245 g/mol. The van der Waals surface area contributed by atoms with E-state index >= 15 is 0 Å². The summed E-state index contributed by atoms with van der Waals surface area (Å²) in [5.74, 6) is -0.432. The summed E-state index contributed by atoms with van der Waals surface area (Å²) in [7, 11) is 3.21. The molecule has 0 saturated carbocycles. The molecular weight excluding hydrogens is 236 g/mol. The summed E-state index contributed by atoms with van der Waals surface area (Å²) < 4.78 is 0.639. The number of aromatic hydroxyl groups is 1. The molecule has 1 heterocycles. The standard InChI is InChI=1S/C8H9BrN2O2/c1-11(2)8(13)7-6(12)3-5(9)4-10-7/h3-4,12H,1-2H3. The zero-order chi connectivity index (χ0) is 10.0. The second-order valence-electron chi connectivity index (χ2n) is 2.72. The Balaban J connectivity index is 3.09. The van der Waals surface area contributed by atoms with Crippen LogP contribution in [0.2, 0.25) is 0 Å². The zero-order valence-corrected chi connectivity index (χ0v) is 8.87. The van der Waals surface area contributed by atoms with Crippen molar-refractivity contribution >= 4 is 21.8 Å². The van der Waals surface area contributed by atoms with Crippen LogP contribution >= 0.6 is 15.9 Å². The van der Waals surface area contributed by atoms with Crippen molar-refractivity contribution < 1.29 is 9.90 Å². The van der Waals surface area contributed by atoms with Gasteiger partial charge >= 0.3 is 0 Å². The van der Waals surface area contributed by atoms with Crippen molar-refractivity contribution in [2.45, 2.75) is 0 Å². The first-order valence-electron chi connectivity index (χ1n) is 3.58. The van der Waals surface area contributed by atoms with E-state index in [1.54, 1.807) is 14.1 Å². The van der Waals surface area contributed by atoms with Gasteiger partial charge in [-0.15, -0.1) is 0 Å². The second kappa shape index (κ2) is 3.74. The number of aromatic nitrogens is 1. The number of rotatable bonds is 1. The van der Waals surface area contributed by atoms with Crippen molar-refractivity contribution in [2.75, 3.05) is 14.1 Å². The lowest BCUT2D eigenvalue weighted by Gasteiger charge is -2.10. The number of amides is 1. The molecule has 1 amide bonds. The maximum absolute atomic E-state index is 11.4. The average Bonchev–Trinajstić information content (AvgIpc) is 2.03. The highest BCUT2D eigenvalue weighted by Gasteiger charge is 2.14. The Bertz CT molecular complexity index is 339. The van der Waals surface area contributed by atoms with Crippen molar-refractivity contribution in [1.29, 1.82) is 0 Å². The van der Waals surface area contributed by atoms with E-state index in [1.165, 1.54) is 17.2 Å². The number of hydrogen-bond acceptors (Lipinski definition) is 3. The number of nitrogens with zero attached hydrogens (tertiary/aromatic N) is 2. The summed E-state index contributed by atoms with van der Waals surface area (Å²) in [6.45, 7) is 0. The molecule has 0 atom stereocenters. The Morgan fingerprint density at radius 1 is 1.62 bits per heavy atom. The van der Waals surface area contributed by atoms with Gasteiger partial charge in [-0.25, -0.2) is 4.98 Å². The van der Waals surface area contributed by atoms with Crippen LogP contribution in [0, 0.1) is 0 Å². The maximum Gasteiger partial charge on any atom is 0.275 e. The van der Waals surface area contributed by atoms with Gasteiger partial charge in [-0.05, 0) is 22.0 Å². The van der Waals surface area contributed by atoms with Crippen molar-refractivity contribution in [3.8, 4) is 5.75 Å². The molecule has 0 saturated heterocycles. The highest BCUT2D eigenvalue weighted by Crippen LogP contribution is 2.20. The predicted octanol–water partition coefficient (Wildman–Crippen LogP) is 1.25. The van der Waals surface area contributed by atoms with Crippen LogP contribution in [0.25, 0.3) is 0 Å². The molecule has 0 aliphatic rings. The Morgan fingerprint density at radius 3 is 2.69 bits per heavy atom. The lowest BCUT2D eigenvalue weighted by Crippen LogP contribution is -2.22. The highest BCUT2D eigenvalue weighted by atomic mass is 79.9. The molecule has 0 aliphatic carbocycles. The fourth-order valence-corrected chi connectivity index (χ4v) is 1.12. The van der Waals surface area contributed by atoms with Gasteiger partial charge in [-0.1, -0.05) is 0 Å². The molecule has 0 unspecified atom stereocenters. The van der Waals surface area contributed by atoms with E-state index in [4.69, 9.17) is 0 Å². The first-order chi connectivity index (χ1) is 6.02. The van der Waals surface area contributed by atoms with Crippen LogP contribution in [0.4, 0.5) is 0 Å². The molecule has 0 spiro atoms. The Labute approximate surface area is 84.3 Å². The Kier molecular flexibility index (Phi) is 2.87. The molecule has 13 heavy (non-hydrogen) atoms. The molecule has 0 radical (unpaired) electrons. The molecule has 5 heteroatoms. The molecule has 0 aliphatic heterocycles. The molecule has 4 nitrogen and oxygen atoms in total. The van der Waals surface area contributed by atoms with Gasteiger partial charge < -0.3 is 10.0 Å². The van der Waals surface area contributed by atoms with Crippen LogP contribution in [0.3, 0.4) is 0 Å². The third-order valence-corrected chi connectivity index (χ3v) is 1.88. The SMILES string of the molecule is CN(C)C(=O)c1ncc(Br)cc1O. The largest absolute Gasteiger partial charge is 0.505 e. The minimum absolute atomic E-state index is 0.0631. The van der Waals surface area contributed by atoms with Gasteiger partial charge in [0.1, 0.15) is 5.75 Å². The highest BCUT2D eigenvalue weighted by molar-refractivity contribution is 9.10. The van der Waals surface area contributed by atoms with Crippen molar-refractivity contribution in [1.82, 2.24) is 9.88 Å². The summed E-state index contributed by atoms with van der Waals surface area (Å²) in [5, 5.41) is 9.37. The van der Waals surface area contributed by atoms with Crippen molar-refractivity contribution in [2.24, 2.45) is 0 Å². The van der Waals surface area contributed by atoms with Gasteiger partial charge in [0.05, 0.1) is 0 Å². The lowest BCUT2D eigenvalue weighted by atomic mass is 10.3. The maximum atomic E-state index is 11.4. The normalized spacial score (nSPS) is 9.77. The van der Waals surface area contributed by atoms with Crippen LogP contribution in [0.1, 0.15) is 10.5 Å². The van der Waals surface area contributed by atoms with Gasteiger partial charge in [0.2, 0.25) is 0 Å². The van der Waals surface area contributed by atoms with Gasteiger partial charge in [0.25, 0.3) is 5.91 Å². The number of carbonyl (C=O) groups excluding carboxylic acids is 1. The number of carbonyl (C=O) groups is 1. The van der Waals surface area contributed by atoms with Gasteiger partial charge in [-0.2, -0.15) is 0 Å². The van der Waals surface area contributed by atoms with E-state index < -0.39 is 0 Å². The van der Waals surface area contributed by atoms with E-state index in [2.05, 4.69) is 20.9 Å². The minimum atomic E-state index is -0.315. The monoisotopic (exact) mass is 244 g/mol. The predicted molar refractivity (Wildman–Crippen MR) is 51.6 cm³/mol. The molecule has 0 fully saturated rings. The summed E-state index contributed by atoms with van der Waals surface area (Å²) in [4.78, 5) is 16.5. The number of pyridine rings is 1. The lowest BCUT2D eigenvalue weighted by molar-refractivity contribution is 0.0818. The molecule has 1 aromatic rings. The second-order valence-corrected chi connectivity index (χ2v) is 3.64. The Hall–Kier alpha value is -1.10. The molecule has 1 rings (SSSR count). The van der Waals surface area contributed by atoms with Crippen LogP contribution in [0.15, 0.2) is 16.7 Å². The van der Waals surface area contributed by atoms with Crippen molar-refractivity contribution in [3.05, 3.63) is 22.4 Å². The van der Waals surface area contributed by atoms with E-state index in [1.807, 2.05) is 0 Å². The fraction of sp³-hybridized carbons (Fsp3) is 0.250. The molecular formula is C8H9BrN2O2. The topological polar surface area (TPSA) is 53.4 Å². The summed E-state index contributed by atoms with van der Waals surface area (Å²) in [5.41, 5.74) is 0.0631. The first-order valence-corrected chi connectivity index (χ1v) is 4.38. The first kappa shape index (κ1) is 9.98. The molecule has 0 aromatic carbocycles. The van der Waals surface area contributed by atoms with Gasteiger partial charge in [0, 0.05) is 24.8 Å². The summed E-state index contributed by atoms with van der Waals surface area (Å²) in [6.07, 6.45) is 1.47. The van der Waals surface area contributed by atoms with Crippen LogP contribution in [0.5, 0.6) is 5.75 Å². The molecule has 1 N–H and O–H groups in total. The van der Waals surface area contributed by atoms with Crippen LogP contribution in [-0.4, -0.2) is 35.0 Å². The quantitative estimate of drug-likeness (QED) is 0.810. The van der Waals surface area contributed by atoms with Crippen LogP contribution in [-0.2, 0) is 0 Å². The van der Waals surface area contributed by atoms with E-state index in [9.17, 15) is 9.90 Å². The van der Waals surface area contributed by atoms with Gasteiger partial charge in [-0.3, -0.25) is 4.79 Å². The minimum Gasteiger partial charge on any atom is -0.505 e. The third kappa shape index (κ3) is 2.18. The molecule has 1 aromatic heterocycles. The summed E-state index contributed by atoms with van der Waals surface area (Å²) >= 11 is 3.14. The zero-order valence-electron chi connectivity index (χ0n) is 7.28. The van der Waals surface area contributed by atoms with E-state index in [0.29, 0.717) is 4.47 Å². The fourth-order valence-electron chi connectivity index (χ4n) is 0.805. The van der Waals surface area contributed by atoms with Crippen LogP contribution < -0.4 is 0 Å². The third-order valence-electron chi connectivity index (χ3n) is 1.44. The van der Waals surface area contributed by atoms with E-state index in [-0.39, 0.29) is 17.4 Å². The molecule has 70 valence electrons. The number of halogens is 1. The number of hydrogen-bond donors (Lipinski definition) is 1. The Morgan fingerprint density at radius 2 is 2.23 bits per heavy atom. The summed E-state index contributed by atoms with van der Waals surface area (Å²) in [6, 6.07) is 1.43. The van der Waals surface area contributed by atoms with E-state index in [0.717, 1.165) is 0 Å². The molecule has 0 bridgehead atoms. The smallest absolute Gasteiger partial charge is 0.275 e.